The summed E-state index contributed by atoms with van der Waals surface area (Å²) in [6, 6.07) is 6.31. The summed E-state index contributed by atoms with van der Waals surface area (Å²) in [5.41, 5.74) is 2.11. The standard InChI is InChI=1S/C15H20N2O2/c1-11(2)16-7-13-6-15(18-9-13)10-19-14-5-4-12(3)17-8-14/h4-6,8-9,11,16H,7,10H2,1-3H3. The summed E-state index contributed by atoms with van der Waals surface area (Å²) in [4.78, 5) is 4.18. The molecule has 2 aromatic rings. The molecule has 2 heterocycles. The van der Waals surface area contributed by atoms with E-state index >= 15 is 0 Å². The van der Waals surface area contributed by atoms with Crippen LogP contribution in [0.25, 0.3) is 0 Å². The smallest absolute Gasteiger partial charge is 0.146 e. The minimum atomic E-state index is 0.423. The van der Waals surface area contributed by atoms with Crippen LogP contribution in [0.1, 0.15) is 30.9 Å². The van der Waals surface area contributed by atoms with Gasteiger partial charge < -0.3 is 14.5 Å². The number of pyridine rings is 1. The normalized spacial score (nSPS) is 10.9. The Labute approximate surface area is 113 Å². The number of aromatic nitrogens is 1. The SMILES string of the molecule is Cc1ccc(OCc2cc(CNC(C)C)co2)cn1. The van der Waals surface area contributed by atoms with Crippen molar-refractivity contribution < 1.29 is 9.15 Å². The second-order valence-electron chi connectivity index (χ2n) is 4.88. The van der Waals surface area contributed by atoms with Gasteiger partial charge in [0.15, 0.2) is 0 Å². The van der Waals surface area contributed by atoms with Crippen LogP contribution in [0.2, 0.25) is 0 Å². The lowest BCUT2D eigenvalue weighted by atomic mass is 10.3. The van der Waals surface area contributed by atoms with Crippen LogP contribution in [0.15, 0.2) is 35.1 Å². The van der Waals surface area contributed by atoms with E-state index in [0.717, 1.165) is 29.3 Å². The molecule has 19 heavy (non-hydrogen) atoms. The highest BCUT2D eigenvalue weighted by Crippen LogP contribution is 2.13. The Hall–Kier alpha value is -1.81. The van der Waals surface area contributed by atoms with Crippen molar-refractivity contribution in [1.82, 2.24) is 10.3 Å². The zero-order valence-electron chi connectivity index (χ0n) is 11.6. The molecule has 1 N–H and O–H groups in total. The Balaban J connectivity index is 1.84. The molecule has 0 unspecified atom stereocenters. The monoisotopic (exact) mass is 260 g/mol. The van der Waals surface area contributed by atoms with Crippen LogP contribution >= 0.6 is 0 Å². The summed E-state index contributed by atoms with van der Waals surface area (Å²) in [6.07, 6.45) is 3.49. The average molecular weight is 260 g/mol. The zero-order valence-corrected chi connectivity index (χ0v) is 11.6. The van der Waals surface area contributed by atoms with Crippen LogP contribution in [-0.4, -0.2) is 11.0 Å². The molecule has 4 nitrogen and oxygen atoms in total. The van der Waals surface area contributed by atoms with Gasteiger partial charge >= 0.3 is 0 Å². The first-order chi connectivity index (χ1) is 9.13. The summed E-state index contributed by atoms with van der Waals surface area (Å²) in [5, 5.41) is 3.34. The van der Waals surface area contributed by atoms with Crippen LogP contribution in [0.4, 0.5) is 0 Å². The number of rotatable bonds is 6. The predicted molar refractivity (Wildman–Crippen MR) is 74.0 cm³/mol. The highest BCUT2D eigenvalue weighted by Gasteiger charge is 2.04. The van der Waals surface area contributed by atoms with Gasteiger partial charge in [0.25, 0.3) is 0 Å². The van der Waals surface area contributed by atoms with Crippen LogP contribution in [0.3, 0.4) is 0 Å². The highest BCUT2D eigenvalue weighted by atomic mass is 16.5. The third-order valence-electron chi connectivity index (χ3n) is 2.69. The van der Waals surface area contributed by atoms with Crippen molar-refractivity contribution in [1.29, 1.82) is 0 Å². The van der Waals surface area contributed by atoms with E-state index in [2.05, 4.69) is 24.1 Å². The molecule has 0 spiro atoms. The third kappa shape index (κ3) is 4.41. The van der Waals surface area contributed by atoms with Gasteiger partial charge in [-0.2, -0.15) is 0 Å². The first-order valence-electron chi connectivity index (χ1n) is 6.48. The van der Waals surface area contributed by atoms with Crippen molar-refractivity contribution in [3.8, 4) is 5.75 Å². The van der Waals surface area contributed by atoms with Crippen LogP contribution in [0.5, 0.6) is 5.75 Å². The fraction of sp³-hybridized carbons (Fsp3) is 0.400. The molecule has 0 saturated carbocycles. The second-order valence-corrected chi connectivity index (χ2v) is 4.88. The third-order valence-corrected chi connectivity index (χ3v) is 2.69. The minimum absolute atomic E-state index is 0.423. The summed E-state index contributed by atoms with van der Waals surface area (Å²) in [5.74, 6) is 1.57. The van der Waals surface area contributed by atoms with Gasteiger partial charge in [-0.1, -0.05) is 13.8 Å². The lowest BCUT2D eigenvalue weighted by molar-refractivity contribution is 0.269. The van der Waals surface area contributed by atoms with E-state index in [1.165, 1.54) is 0 Å². The van der Waals surface area contributed by atoms with Gasteiger partial charge in [-0.25, -0.2) is 0 Å². The Morgan fingerprint density at radius 3 is 2.89 bits per heavy atom. The largest absolute Gasteiger partial charge is 0.484 e. The van der Waals surface area contributed by atoms with Gasteiger partial charge in [0.05, 0.1) is 12.5 Å². The number of hydrogen-bond donors (Lipinski definition) is 1. The van der Waals surface area contributed by atoms with Gasteiger partial charge in [-0.3, -0.25) is 4.98 Å². The minimum Gasteiger partial charge on any atom is -0.484 e. The Kier molecular flexibility index (Phi) is 4.58. The number of ether oxygens (including phenoxy) is 1. The molecule has 0 fully saturated rings. The first kappa shape index (κ1) is 13.6. The second kappa shape index (κ2) is 6.38. The van der Waals surface area contributed by atoms with Gasteiger partial charge in [0.2, 0.25) is 0 Å². The molecule has 0 aliphatic rings. The van der Waals surface area contributed by atoms with Gasteiger partial charge in [0.1, 0.15) is 18.1 Å². The lowest BCUT2D eigenvalue weighted by Gasteiger charge is -2.05. The Morgan fingerprint density at radius 1 is 1.37 bits per heavy atom. The molecule has 0 aliphatic carbocycles. The molecule has 2 rings (SSSR count). The van der Waals surface area contributed by atoms with Crippen LogP contribution in [-0.2, 0) is 13.2 Å². The van der Waals surface area contributed by atoms with Gasteiger partial charge in [-0.05, 0) is 25.1 Å². The molecule has 0 amide bonds. The van der Waals surface area contributed by atoms with Crippen molar-refractivity contribution >= 4 is 0 Å². The summed E-state index contributed by atoms with van der Waals surface area (Å²) >= 11 is 0. The molecular weight excluding hydrogens is 240 g/mol. The molecule has 0 saturated heterocycles. The fourth-order valence-corrected chi connectivity index (χ4v) is 1.61. The average Bonchev–Trinajstić information content (AvgIpc) is 2.84. The van der Waals surface area contributed by atoms with E-state index < -0.39 is 0 Å². The maximum absolute atomic E-state index is 5.61. The van der Waals surface area contributed by atoms with Crippen molar-refractivity contribution in [2.24, 2.45) is 0 Å². The molecule has 0 atom stereocenters. The van der Waals surface area contributed by atoms with Gasteiger partial charge in [0, 0.05) is 23.8 Å². The van der Waals surface area contributed by atoms with Crippen LogP contribution < -0.4 is 10.1 Å². The first-order valence-corrected chi connectivity index (χ1v) is 6.48. The predicted octanol–water partition coefficient (Wildman–Crippen LogP) is 3.06. The fourth-order valence-electron chi connectivity index (χ4n) is 1.61. The molecule has 102 valence electrons. The van der Waals surface area contributed by atoms with E-state index in [1.54, 1.807) is 12.5 Å². The number of nitrogens with one attached hydrogen (secondary N) is 1. The molecular formula is C15H20N2O2. The van der Waals surface area contributed by atoms with E-state index in [4.69, 9.17) is 9.15 Å². The molecule has 0 bridgehead atoms. The zero-order chi connectivity index (χ0) is 13.7. The Morgan fingerprint density at radius 2 is 2.21 bits per heavy atom. The van der Waals surface area contributed by atoms with Crippen molar-refractivity contribution in [3.63, 3.8) is 0 Å². The molecule has 0 aromatic carbocycles. The molecule has 2 aromatic heterocycles. The molecule has 0 aliphatic heterocycles. The Bertz CT molecular complexity index is 503. The van der Waals surface area contributed by atoms with Crippen molar-refractivity contribution in [2.45, 2.75) is 40.0 Å². The van der Waals surface area contributed by atoms with Gasteiger partial charge in [-0.15, -0.1) is 0 Å². The van der Waals surface area contributed by atoms with Crippen molar-refractivity contribution in [3.05, 3.63) is 47.7 Å². The van der Waals surface area contributed by atoms with E-state index in [0.29, 0.717) is 12.6 Å². The number of hydrogen-bond acceptors (Lipinski definition) is 4. The number of nitrogens with zero attached hydrogens (tertiary/aromatic N) is 1. The van der Waals surface area contributed by atoms with Crippen LogP contribution in [0, 0.1) is 6.92 Å². The van der Waals surface area contributed by atoms with E-state index in [1.807, 2.05) is 25.1 Å². The molecule has 4 heteroatoms. The maximum Gasteiger partial charge on any atom is 0.146 e. The summed E-state index contributed by atoms with van der Waals surface area (Å²) in [7, 11) is 0. The van der Waals surface area contributed by atoms with Crippen molar-refractivity contribution in [2.75, 3.05) is 0 Å². The summed E-state index contributed by atoms with van der Waals surface area (Å²) in [6.45, 7) is 7.42. The quantitative estimate of drug-likeness (QED) is 0.867. The van der Waals surface area contributed by atoms with E-state index in [-0.39, 0.29) is 0 Å². The topological polar surface area (TPSA) is 47.3 Å². The van der Waals surface area contributed by atoms with E-state index in [9.17, 15) is 0 Å². The number of furan rings is 1. The lowest BCUT2D eigenvalue weighted by Crippen LogP contribution is -2.21. The summed E-state index contributed by atoms with van der Waals surface area (Å²) < 4.78 is 11.1. The highest BCUT2D eigenvalue weighted by molar-refractivity contribution is 5.20. The maximum atomic E-state index is 5.61. The number of aryl methyl sites for hydroxylation is 1. The molecule has 0 radical (unpaired) electrons.